The van der Waals surface area contributed by atoms with Crippen LogP contribution in [0.15, 0.2) is 172 Å². The molecule has 5 aromatic carbocycles. The topological polar surface area (TPSA) is 62.2 Å². The fourth-order valence-electron chi connectivity index (χ4n) is 6.20. The zero-order valence-electron chi connectivity index (χ0n) is 32.8. The van der Waals surface area contributed by atoms with Gasteiger partial charge in [-0.25, -0.2) is 0 Å². The van der Waals surface area contributed by atoms with E-state index in [1.165, 1.54) is 71.0 Å². The van der Waals surface area contributed by atoms with Gasteiger partial charge >= 0.3 is 0 Å². The quantitative estimate of drug-likeness (QED) is 0.123. The average Bonchev–Trinajstić information content (AvgIpc) is 3.64. The van der Waals surface area contributed by atoms with Crippen LogP contribution in [0, 0.1) is 26.2 Å². The number of rotatable bonds is 8. The lowest BCUT2D eigenvalue weighted by atomic mass is 9.93. The molecule has 0 aliphatic heterocycles. The zero-order valence-corrected chi connectivity index (χ0v) is 33.6. The SMILES string of the molecule is C=NCc1ccccc1.CC.CC1=C(c2ccc(-c3ccc(Sc4cc(C)ccc4C)cc3)cc2C)C=CC1.N=C(N)C1=CC=C(c2ccccc2)CC1. The minimum absolute atomic E-state index is 0.193. The molecule has 5 aromatic rings. The Kier molecular flexibility index (Phi) is 16.3. The normalized spacial score (nSPS) is 12.9. The third-order valence-corrected chi connectivity index (χ3v) is 10.4. The van der Waals surface area contributed by atoms with Crippen LogP contribution >= 0.6 is 11.8 Å². The van der Waals surface area contributed by atoms with Gasteiger partial charge in [-0.1, -0.05) is 159 Å². The summed E-state index contributed by atoms with van der Waals surface area (Å²) < 4.78 is 0. The van der Waals surface area contributed by atoms with Crippen LogP contribution < -0.4 is 5.73 Å². The number of nitrogens with zero attached hydrogens (tertiary/aromatic N) is 1. The maximum absolute atomic E-state index is 7.34. The van der Waals surface area contributed by atoms with Crippen LogP contribution in [0.3, 0.4) is 0 Å². The first-order valence-electron chi connectivity index (χ1n) is 18.8. The van der Waals surface area contributed by atoms with Gasteiger partial charge in [0, 0.05) is 9.79 Å². The summed E-state index contributed by atoms with van der Waals surface area (Å²) in [7, 11) is 0. The van der Waals surface area contributed by atoms with E-state index in [4.69, 9.17) is 11.1 Å². The molecule has 0 fully saturated rings. The molecule has 0 spiro atoms. The van der Waals surface area contributed by atoms with Gasteiger partial charge in [0.2, 0.25) is 0 Å². The van der Waals surface area contributed by atoms with Gasteiger partial charge in [0.05, 0.1) is 6.54 Å². The molecule has 0 amide bonds. The van der Waals surface area contributed by atoms with Crippen molar-refractivity contribution in [1.82, 2.24) is 0 Å². The van der Waals surface area contributed by atoms with E-state index in [1.807, 2.05) is 80.2 Å². The number of benzene rings is 5. The number of nitrogens with one attached hydrogen (secondary N) is 1. The highest BCUT2D eigenvalue weighted by molar-refractivity contribution is 7.99. The standard InChI is InChI=1S/C27H26S.C13H14N2.C8H9N.C2H6/c1-18-8-9-20(3)27(16-18)28-24-13-10-22(11-14-24)23-12-15-26(21(4)17-23)25-7-5-6-19(25)2;14-13(15)12-8-6-11(7-9-12)10-4-2-1-3-5-10;1-9-7-8-5-3-2-4-6-8;1-2/h5,7-17H,6H2,1-4H3;1-6,8H,7,9H2,(H3,14,15);2-6H,1,7H2;1-2H3. The summed E-state index contributed by atoms with van der Waals surface area (Å²) in [5.41, 5.74) is 20.9. The van der Waals surface area contributed by atoms with E-state index in [1.54, 1.807) is 0 Å². The number of aliphatic imine (C=N–C) groups is 1. The first kappa shape index (κ1) is 41.3. The van der Waals surface area contributed by atoms with Crippen LogP contribution in [0.25, 0.3) is 22.3 Å². The van der Waals surface area contributed by atoms with E-state index >= 15 is 0 Å². The predicted molar refractivity (Wildman–Crippen MR) is 238 cm³/mol. The highest BCUT2D eigenvalue weighted by atomic mass is 32.2. The first-order valence-corrected chi connectivity index (χ1v) is 19.6. The van der Waals surface area contributed by atoms with Crippen molar-refractivity contribution in [3.8, 4) is 11.1 Å². The van der Waals surface area contributed by atoms with Crippen molar-refractivity contribution in [3.05, 3.63) is 190 Å². The summed E-state index contributed by atoms with van der Waals surface area (Å²) in [6.45, 7) is 16.9. The molecule has 0 radical (unpaired) electrons. The summed E-state index contributed by atoms with van der Waals surface area (Å²) >= 11 is 1.84. The van der Waals surface area contributed by atoms with Crippen LogP contribution in [-0.2, 0) is 6.54 Å². The third kappa shape index (κ3) is 12.0. The van der Waals surface area contributed by atoms with Crippen LogP contribution in [-0.4, -0.2) is 12.6 Å². The van der Waals surface area contributed by atoms with Crippen LogP contribution in [0.1, 0.15) is 73.4 Å². The highest BCUT2D eigenvalue weighted by Gasteiger charge is 2.12. The number of nitrogens with two attached hydrogens (primary N) is 1. The predicted octanol–water partition coefficient (Wildman–Crippen LogP) is 13.8. The Hall–Kier alpha value is -5.45. The largest absolute Gasteiger partial charge is 0.384 e. The van der Waals surface area contributed by atoms with Crippen molar-refractivity contribution in [2.75, 3.05) is 0 Å². The van der Waals surface area contributed by atoms with Crippen LogP contribution in [0.5, 0.6) is 0 Å². The molecule has 0 unspecified atom stereocenters. The van der Waals surface area contributed by atoms with Crippen LogP contribution in [0.2, 0.25) is 0 Å². The van der Waals surface area contributed by atoms with Gasteiger partial charge in [-0.05, 0) is 133 Å². The zero-order chi connectivity index (χ0) is 38.9. The van der Waals surface area contributed by atoms with Crippen molar-refractivity contribution < 1.29 is 0 Å². The Bertz CT molecular complexity index is 2120. The number of allylic oxidation sites excluding steroid dienone is 7. The van der Waals surface area contributed by atoms with Gasteiger partial charge < -0.3 is 5.73 Å². The van der Waals surface area contributed by atoms with E-state index in [0.29, 0.717) is 0 Å². The van der Waals surface area contributed by atoms with Gasteiger partial charge in [-0.3, -0.25) is 10.4 Å². The van der Waals surface area contributed by atoms with Crippen molar-refractivity contribution in [2.24, 2.45) is 10.7 Å². The van der Waals surface area contributed by atoms with E-state index < -0.39 is 0 Å². The Labute approximate surface area is 328 Å². The molecule has 3 N–H and O–H groups in total. The molecule has 54 heavy (non-hydrogen) atoms. The molecule has 7 rings (SSSR count). The molecule has 2 aliphatic rings. The third-order valence-electron chi connectivity index (χ3n) is 9.22. The average molecular weight is 730 g/mol. The fraction of sp³-hybridized carbons (Fsp3) is 0.200. The molecule has 0 saturated heterocycles. The van der Waals surface area contributed by atoms with E-state index in [0.717, 1.165) is 31.4 Å². The first-order chi connectivity index (χ1) is 26.2. The summed E-state index contributed by atoms with van der Waals surface area (Å²) in [5.74, 6) is 0.193. The Morgan fingerprint density at radius 3 is 1.96 bits per heavy atom. The molecule has 0 saturated carbocycles. The Morgan fingerprint density at radius 2 is 1.39 bits per heavy atom. The lowest BCUT2D eigenvalue weighted by molar-refractivity contribution is 1.01. The summed E-state index contributed by atoms with van der Waals surface area (Å²) in [6, 6.07) is 42.8. The maximum atomic E-state index is 7.34. The molecular weight excluding hydrogens is 675 g/mol. The van der Waals surface area contributed by atoms with E-state index in [-0.39, 0.29) is 5.84 Å². The van der Waals surface area contributed by atoms with Gasteiger partial charge in [0.1, 0.15) is 5.84 Å². The Balaban J connectivity index is 0.000000208. The van der Waals surface area contributed by atoms with Gasteiger partial charge in [0.15, 0.2) is 0 Å². The monoisotopic (exact) mass is 729 g/mol. The van der Waals surface area contributed by atoms with Crippen molar-refractivity contribution >= 4 is 35.5 Å². The lowest BCUT2D eigenvalue weighted by Crippen LogP contribution is -2.14. The summed E-state index contributed by atoms with van der Waals surface area (Å²) in [5, 5.41) is 7.34. The van der Waals surface area contributed by atoms with Gasteiger partial charge in [0.25, 0.3) is 0 Å². The van der Waals surface area contributed by atoms with E-state index in [9.17, 15) is 0 Å². The van der Waals surface area contributed by atoms with Crippen molar-refractivity contribution in [1.29, 1.82) is 5.41 Å². The second-order valence-corrected chi connectivity index (χ2v) is 14.4. The fourth-order valence-corrected chi connectivity index (χ4v) is 7.20. The Morgan fingerprint density at radius 1 is 0.722 bits per heavy atom. The molecule has 4 heteroatoms. The van der Waals surface area contributed by atoms with Gasteiger partial charge in [-0.15, -0.1) is 0 Å². The molecule has 2 aliphatic carbocycles. The second-order valence-electron chi connectivity index (χ2n) is 13.3. The molecule has 0 aromatic heterocycles. The highest BCUT2D eigenvalue weighted by Crippen LogP contribution is 2.35. The van der Waals surface area contributed by atoms with E-state index in [2.05, 4.69) is 130 Å². The second kappa shape index (κ2) is 21.3. The molecule has 0 atom stereocenters. The van der Waals surface area contributed by atoms with Crippen LogP contribution in [0.4, 0.5) is 0 Å². The molecule has 0 bridgehead atoms. The molecule has 276 valence electrons. The maximum Gasteiger partial charge on any atom is 0.118 e. The minimum atomic E-state index is 0.193. The number of hydrogen-bond acceptors (Lipinski definition) is 3. The smallest absolute Gasteiger partial charge is 0.118 e. The summed E-state index contributed by atoms with van der Waals surface area (Å²) in [6.07, 6.45) is 11.5. The number of hydrogen-bond donors (Lipinski definition) is 2. The number of aryl methyl sites for hydroxylation is 3. The molecular formula is C50H55N3S. The molecule has 3 nitrogen and oxygen atoms in total. The minimum Gasteiger partial charge on any atom is -0.384 e. The van der Waals surface area contributed by atoms with Gasteiger partial charge in [-0.2, -0.15) is 0 Å². The lowest BCUT2D eigenvalue weighted by Gasteiger charge is -2.13. The molecule has 0 heterocycles. The van der Waals surface area contributed by atoms with Crippen molar-refractivity contribution in [3.63, 3.8) is 0 Å². The number of amidine groups is 1. The summed E-state index contributed by atoms with van der Waals surface area (Å²) in [4.78, 5) is 6.37. The van der Waals surface area contributed by atoms with Crippen molar-refractivity contribution in [2.45, 2.75) is 77.1 Å².